The molecule has 1 aliphatic heterocycles. The van der Waals surface area contributed by atoms with E-state index in [1.165, 1.54) is 32.7 Å². The number of aromatic nitrogens is 2. The molecule has 1 aliphatic rings. The summed E-state index contributed by atoms with van der Waals surface area (Å²) in [6.45, 7) is 0. The third-order valence-electron chi connectivity index (χ3n) is 9.98. The topological polar surface area (TPSA) is 34.9 Å². The lowest BCUT2D eigenvalue weighted by molar-refractivity contribution is 0.592. The van der Waals surface area contributed by atoms with Crippen LogP contribution in [0.1, 0.15) is 0 Å². The predicted molar refractivity (Wildman–Crippen MR) is 205 cm³/mol. The molecule has 10 rings (SSSR count). The minimum atomic E-state index is -3.33. The lowest BCUT2D eigenvalue weighted by Crippen LogP contribution is -2.33. The highest BCUT2D eigenvalue weighted by atomic mass is 31.2. The quantitative estimate of drug-likeness (QED) is 0.141. The first-order chi connectivity index (χ1) is 24.2. The average Bonchev–Trinajstić information content (AvgIpc) is 3.57. The first-order valence-electron chi connectivity index (χ1n) is 16.6. The zero-order valence-electron chi connectivity index (χ0n) is 26.5. The number of rotatable bonds is 4. The summed E-state index contributed by atoms with van der Waals surface area (Å²) in [4.78, 5) is 5.16. The minimum absolute atomic E-state index is 0.823. The Hall–Kier alpha value is -6.02. The highest BCUT2D eigenvalue weighted by Crippen LogP contribution is 2.51. The van der Waals surface area contributed by atoms with Gasteiger partial charge < -0.3 is 4.57 Å². The number of nitrogens with zero attached hydrogens (tertiary/aromatic N) is 2. The van der Waals surface area contributed by atoms with E-state index in [0.29, 0.717) is 0 Å². The highest BCUT2D eigenvalue weighted by molar-refractivity contribution is 7.86. The molecule has 3 nitrogen and oxygen atoms in total. The van der Waals surface area contributed by atoms with E-state index in [0.717, 1.165) is 55.1 Å². The van der Waals surface area contributed by atoms with E-state index >= 15 is 4.57 Å². The van der Waals surface area contributed by atoms with Crippen molar-refractivity contribution in [2.24, 2.45) is 0 Å². The van der Waals surface area contributed by atoms with Gasteiger partial charge in [0.05, 0.1) is 16.7 Å². The molecule has 1 atom stereocenters. The Morgan fingerprint density at radius 2 is 0.980 bits per heavy atom. The fourth-order valence-corrected chi connectivity index (χ4v) is 10.9. The van der Waals surface area contributed by atoms with Crippen molar-refractivity contribution in [2.45, 2.75) is 0 Å². The van der Waals surface area contributed by atoms with E-state index in [2.05, 4.69) is 114 Å². The molecular weight excluding hydrogens is 615 g/mol. The van der Waals surface area contributed by atoms with E-state index in [-0.39, 0.29) is 0 Å². The smallest absolute Gasteiger partial charge is 0.175 e. The molecular formula is C45H29N2OP. The summed E-state index contributed by atoms with van der Waals surface area (Å²) in [5, 5.41) is 7.19. The molecule has 9 aromatic rings. The summed E-state index contributed by atoms with van der Waals surface area (Å²) in [6, 6.07) is 61.0. The van der Waals surface area contributed by atoms with Crippen LogP contribution in [-0.4, -0.2) is 9.55 Å². The van der Waals surface area contributed by atoms with Crippen LogP contribution < -0.4 is 15.9 Å². The molecule has 1 aromatic heterocycles. The van der Waals surface area contributed by atoms with Gasteiger partial charge in [0.1, 0.15) is 5.82 Å². The second kappa shape index (κ2) is 10.8. The summed E-state index contributed by atoms with van der Waals surface area (Å²) >= 11 is 0. The van der Waals surface area contributed by atoms with E-state index in [9.17, 15) is 0 Å². The monoisotopic (exact) mass is 644 g/mol. The van der Waals surface area contributed by atoms with Crippen molar-refractivity contribution in [3.63, 3.8) is 0 Å². The lowest BCUT2D eigenvalue weighted by Gasteiger charge is -2.30. The molecule has 1 unspecified atom stereocenters. The van der Waals surface area contributed by atoms with Crippen LogP contribution in [0.4, 0.5) is 0 Å². The Kier molecular flexibility index (Phi) is 6.15. The molecule has 0 bridgehead atoms. The fraction of sp³-hybridized carbons (Fsp3) is 0. The van der Waals surface area contributed by atoms with Crippen molar-refractivity contribution >= 4 is 55.6 Å². The molecule has 0 amide bonds. The summed E-state index contributed by atoms with van der Waals surface area (Å²) in [5.74, 6) is 0.847. The Bertz CT molecular complexity index is 2730. The maximum absolute atomic E-state index is 16.1. The molecule has 0 spiro atoms. The van der Waals surface area contributed by atoms with E-state index in [1.807, 2.05) is 66.7 Å². The number of hydrogen-bond acceptors (Lipinski definition) is 2. The van der Waals surface area contributed by atoms with Crippen molar-refractivity contribution in [2.75, 3.05) is 0 Å². The van der Waals surface area contributed by atoms with Crippen LogP contribution in [0.25, 0.3) is 71.9 Å². The van der Waals surface area contributed by atoms with Crippen molar-refractivity contribution in [3.05, 3.63) is 176 Å². The number of imidazole rings is 1. The predicted octanol–water partition coefficient (Wildman–Crippen LogP) is 10.3. The first-order valence-corrected chi connectivity index (χ1v) is 18.3. The summed E-state index contributed by atoms with van der Waals surface area (Å²) in [5.41, 5.74) is 8.29. The molecule has 0 saturated carbocycles. The van der Waals surface area contributed by atoms with Crippen molar-refractivity contribution in [1.29, 1.82) is 0 Å². The van der Waals surface area contributed by atoms with Gasteiger partial charge in [-0.2, -0.15) is 0 Å². The second-order valence-electron chi connectivity index (χ2n) is 12.6. The number of fused-ring (bicyclic) bond motifs is 4. The Morgan fingerprint density at radius 1 is 0.449 bits per heavy atom. The maximum atomic E-state index is 16.1. The van der Waals surface area contributed by atoms with Crippen LogP contribution >= 0.6 is 7.14 Å². The van der Waals surface area contributed by atoms with Gasteiger partial charge in [-0.1, -0.05) is 152 Å². The molecule has 8 aromatic carbocycles. The standard InChI is InChI=1S/C45H29N2OP/c48-49(33-19-8-3-9-20-33)40-26-14-25-38-44(40)47(45(46-38)31-17-6-2-7-18-31)39-28-27-32(29-41(39)49)43-36-23-12-10-21-34(36)42(30-15-4-1-5-16-30)35-22-11-13-24-37(35)43/h1-29H. The molecule has 230 valence electrons. The van der Waals surface area contributed by atoms with Gasteiger partial charge in [-0.25, -0.2) is 4.98 Å². The van der Waals surface area contributed by atoms with E-state index in [1.54, 1.807) is 0 Å². The van der Waals surface area contributed by atoms with Crippen molar-refractivity contribution < 1.29 is 4.57 Å². The van der Waals surface area contributed by atoms with Crippen LogP contribution in [0.3, 0.4) is 0 Å². The van der Waals surface area contributed by atoms with Crippen LogP contribution in [0.2, 0.25) is 0 Å². The summed E-state index contributed by atoms with van der Waals surface area (Å²) in [6.07, 6.45) is 0. The van der Waals surface area contributed by atoms with E-state index in [4.69, 9.17) is 4.98 Å². The van der Waals surface area contributed by atoms with E-state index < -0.39 is 7.14 Å². The molecule has 0 N–H and O–H groups in total. The average molecular weight is 645 g/mol. The summed E-state index contributed by atoms with van der Waals surface area (Å²) < 4.78 is 18.3. The van der Waals surface area contributed by atoms with Gasteiger partial charge in [0.2, 0.25) is 0 Å². The Morgan fingerprint density at radius 3 is 1.59 bits per heavy atom. The number of hydrogen-bond donors (Lipinski definition) is 0. The molecule has 0 aliphatic carbocycles. The molecule has 49 heavy (non-hydrogen) atoms. The lowest BCUT2D eigenvalue weighted by atomic mass is 9.86. The van der Waals surface area contributed by atoms with Gasteiger partial charge in [0.15, 0.2) is 7.14 Å². The van der Waals surface area contributed by atoms with Crippen LogP contribution in [0, 0.1) is 0 Å². The fourth-order valence-electron chi connectivity index (χ4n) is 7.90. The van der Waals surface area contributed by atoms with Gasteiger partial charge >= 0.3 is 0 Å². The summed E-state index contributed by atoms with van der Waals surface area (Å²) in [7, 11) is -3.33. The van der Waals surface area contributed by atoms with Gasteiger partial charge in [0.25, 0.3) is 0 Å². The molecule has 2 heterocycles. The first kappa shape index (κ1) is 28.0. The third kappa shape index (κ3) is 4.03. The van der Waals surface area contributed by atoms with Gasteiger partial charge in [-0.3, -0.25) is 4.57 Å². The second-order valence-corrected chi connectivity index (χ2v) is 15.3. The molecule has 4 heteroatoms. The molecule has 0 radical (unpaired) electrons. The molecule has 0 saturated heterocycles. The third-order valence-corrected chi connectivity index (χ3v) is 13.1. The number of benzene rings is 8. The van der Waals surface area contributed by atoms with Gasteiger partial charge in [-0.05, 0) is 68.1 Å². The normalized spacial score (nSPS) is 15.1. The van der Waals surface area contributed by atoms with Gasteiger partial charge in [0, 0.05) is 21.5 Å². The highest BCUT2D eigenvalue weighted by Gasteiger charge is 2.40. The van der Waals surface area contributed by atoms with Crippen LogP contribution in [0.5, 0.6) is 0 Å². The van der Waals surface area contributed by atoms with Crippen LogP contribution in [-0.2, 0) is 4.57 Å². The van der Waals surface area contributed by atoms with Crippen LogP contribution in [0.15, 0.2) is 176 Å². The Labute approximate surface area is 284 Å². The number of para-hydroxylation sites is 1. The van der Waals surface area contributed by atoms with Crippen molar-refractivity contribution in [1.82, 2.24) is 9.55 Å². The van der Waals surface area contributed by atoms with Gasteiger partial charge in [-0.15, -0.1) is 0 Å². The minimum Gasteiger partial charge on any atom is -0.308 e. The van der Waals surface area contributed by atoms with Crippen molar-refractivity contribution in [3.8, 4) is 39.3 Å². The Balaban J connectivity index is 1.33. The zero-order valence-corrected chi connectivity index (χ0v) is 27.4. The molecule has 0 fully saturated rings. The maximum Gasteiger partial charge on any atom is 0.175 e. The largest absolute Gasteiger partial charge is 0.308 e. The zero-order chi connectivity index (χ0) is 32.5. The SMILES string of the molecule is O=P1(c2ccccc2)c2cc(-c3c4ccccc4c(-c4ccccc4)c4ccccc34)ccc2-n2c(-c3ccccc3)nc3cccc1c32.